The third-order valence-corrected chi connectivity index (χ3v) is 3.54. The first kappa shape index (κ1) is 16.0. The number of hydrogen-bond donors (Lipinski definition) is 0. The normalized spacial score (nSPS) is 14.7. The molecule has 0 saturated heterocycles. The Labute approximate surface area is 140 Å². The van der Waals surface area contributed by atoms with Gasteiger partial charge in [-0.3, -0.25) is 0 Å². The summed E-state index contributed by atoms with van der Waals surface area (Å²) in [7, 11) is 0. The SMILES string of the molecule is Fc1cc(Br)cc(F)c1C(=S)Oc1ccc2c(c1)OC(F)(F)O2. The average molecular weight is 409 g/mol. The zero-order valence-corrected chi connectivity index (χ0v) is 13.3. The summed E-state index contributed by atoms with van der Waals surface area (Å²) in [6.45, 7) is 0. The van der Waals surface area contributed by atoms with Gasteiger partial charge in [0.15, 0.2) is 11.5 Å². The summed E-state index contributed by atoms with van der Waals surface area (Å²) in [5, 5.41) is -0.488. The van der Waals surface area contributed by atoms with E-state index < -0.39 is 28.5 Å². The van der Waals surface area contributed by atoms with Crippen LogP contribution in [-0.2, 0) is 0 Å². The lowest BCUT2D eigenvalue weighted by atomic mass is 10.2. The van der Waals surface area contributed by atoms with Gasteiger partial charge in [-0.1, -0.05) is 15.9 Å². The number of ether oxygens (including phenoxy) is 3. The number of fused-ring (bicyclic) bond motifs is 1. The molecule has 0 unspecified atom stereocenters. The van der Waals surface area contributed by atoms with Gasteiger partial charge in [0.05, 0.1) is 0 Å². The molecule has 2 aromatic carbocycles. The summed E-state index contributed by atoms with van der Waals surface area (Å²) in [6, 6.07) is 5.55. The second kappa shape index (κ2) is 5.64. The largest absolute Gasteiger partial charge is 0.586 e. The van der Waals surface area contributed by atoms with Crippen LogP contribution in [0.15, 0.2) is 34.8 Å². The molecule has 0 aromatic heterocycles. The van der Waals surface area contributed by atoms with E-state index in [0.717, 1.165) is 18.2 Å². The smallest absolute Gasteiger partial charge is 0.445 e. The molecule has 1 heterocycles. The van der Waals surface area contributed by atoms with Crippen LogP contribution in [0.2, 0.25) is 0 Å². The van der Waals surface area contributed by atoms with Gasteiger partial charge in [0.1, 0.15) is 22.9 Å². The third-order valence-electron chi connectivity index (χ3n) is 2.79. The van der Waals surface area contributed by atoms with Crippen LogP contribution in [0.3, 0.4) is 0 Å². The Balaban J connectivity index is 1.85. The predicted octanol–water partition coefficient (Wildman–Crippen LogP) is 4.80. The topological polar surface area (TPSA) is 27.7 Å². The Morgan fingerprint density at radius 2 is 1.65 bits per heavy atom. The van der Waals surface area contributed by atoms with Crippen LogP contribution < -0.4 is 14.2 Å². The molecular formula is C14H5BrF4O3S. The minimum Gasteiger partial charge on any atom is -0.445 e. The number of thiocarbonyl (C=S) groups is 1. The van der Waals surface area contributed by atoms with Crippen LogP contribution in [-0.4, -0.2) is 11.3 Å². The molecule has 23 heavy (non-hydrogen) atoms. The molecular weight excluding hydrogens is 404 g/mol. The molecule has 3 rings (SSSR count). The summed E-state index contributed by atoms with van der Waals surface area (Å²) in [4.78, 5) is 0. The molecule has 0 spiro atoms. The van der Waals surface area contributed by atoms with E-state index in [4.69, 9.17) is 17.0 Å². The summed E-state index contributed by atoms with van der Waals surface area (Å²) in [5.74, 6) is -2.33. The van der Waals surface area contributed by atoms with Crippen molar-refractivity contribution in [3.63, 3.8) is 0 Å². The third kappa shape index (κ3) is 3.25. The van der Waals surface area contributed by atoms with E-state index in [9.17, 15) is 17.6 Å². The average Bonchev–Trinajstić information content (AvgIpc) is 2.70. The first-order valence-corrected chi connectivity index (χ1v) is 7.22. The minimum atomic E-state index is -3.77. The summed E-state index contributed by atoms with van der Waals surface area (Å²) >= 11 is 7.80. The molecule has 0 atom stereocenters. The highest BCUT2D eigenvalue weighted by atomic mass is 79.9. The van der Waals surface area contributed by atoms with Crippen LogP contribution in [0.4, 0.5) is 17.6 Å². The molecule has 1 aliphatic rings. The second-order valence-corrected chi connectivity index (χ2v) is 5.70. The highest BCUT2D eigenvalue weighted by Gasteiger charge is 2.43. The lowest BCUT2D eigenvalue weighted by Crippen LogP contribution is -2.25. The Morgan fingerprint density at radius 1 is 1.04 bits per heavy atom. The van der Waals surface area contributed by atoms with Crippen LogP contribution >= 0.6 is 28.1 Å². The maximum Gasteiger partial charge on any atom is 0.586 e. The van der Waals surface area contributed by atoms with Crippen molar-refractivity contribution in [3.05, 3.63) is 52.0 Å². The molecule has 9 heteroatoms. The number of rotatable bonds is 2. The van der Waals surface area contributed by atoms with Crippen molar-refractivity contribution in [2.24, 2.45) is 0 Å². The Bertz CT molecular complexity index is 790. The van der Waals surface area contributed by atoms with Gasteiger partial charge >= 0.3 is 6.29 Å². The van der Waals surface area contributed by atoms with Gasteiger partial charge in [-0.25, -0.2) is 8.78 Å². The van der Waals surface area contributed by atoms with Crippen LogP contribution in [0.25, 0.3) is 0 Å². The number of alkyl halides is 2. The van der Waals surface area contributed by atoms with E-state index in [2.05, 4.69) is 25.4 Å². The summed E-state index contributed by atoms with van der Waals surface area (Å²) in [5.41, 5.74) is -0.536. The van der Waals surface area contributed by atoms with Gasteiger partial charge in [-0.2, -0.15) is 0 Å². The standard InChI is InChI=1S/C14H5BrF4O3S/c15-6-3-8(16)12(9(17)4-6)13(23)20-7-1-2-10-11(5-7)22-14(18,19)21-10/h1-5H. The Kier molecular flexibility index (Phi) is 3.93. The Morgan fingerprint density at radius 3 is 2.30 bits per heavy atom. The van der Waals surface area contributed by atoms with E-state index in [1.54, 1.807) is 0 Å². The molecule has 0 N–H and O–H groups in total. The van der Waals surface area contributed by atoms with E-state index in [1.807, 2.05) is 0 Å². The fraction of sp³-hybridized carbons (Fsp3) is 0.0714. The van der Waals surface area contributed by atoms with Crippen molar-refractivity contribution < 1.29 is 31.8 Å². The highest BCUT2D eigenvalue weighted by Crippen LogP contribution is 2.42. The first-order valence-electron chi connectivity index (χ1n) is 6.02. The van der Waals surface area contributed by atoms with Gasteiger partial charge in [-0.05, 0) is 36.5 Å². The molecule has 0 radical (unpaired) electrons. The van der Waals surface area contributed by atoms with Crippen molar-refractivity contribution in [1.29, 1.82) is 0 Å². The Hall–Kier alpha value is -1.87. The van der Waals surface area contributed by atoms with Gasteiger partial charge in [0.2, 0.25) is 5.05 Å². The molecule has 0 fully saturated rings. The fourth-order valence-corrected chi connectivity index (χ4v) is 2.58. The van der Waals surface area contributed by atoms with Crippen molar-refractivity contribution in [2.75, 3.05) is 0 Å². The molecule has 0 amide bonds. The molecule has 120 valence electrons. The molecule has 2 aromatic rings. The van der Waals surface area contributed by atoms with Crippen LogP contribution in [0, 0.1) is 11.6 Å². The first-order chi connectivity index (χ1) is 10.7. The predicted molar refractivity (Wildman–Crippen MR) is 79.0 cm³/mol. The zero-order valence-electron chi connectivity index (χ0n) is 10.9. The lowest BCUT2D eigenvalue weighted by molar-refractivity contribution is -0.286. The highest BCUT2D eigenvalue weighted by molar-refractivity contribution is 9.10. The van der Waals surface area contributed by atoms with E-state index in [0.29, 0.717) is 0 Å². The van der Waals surface area contributed by atoms with E-state index in [-0.39, 0.29) is 21.7 Å². The van der Waals surface area contributed by atoms with Gasteiger partial charge in [0, 0.05) is 10.5 Å². The quantitative estimate of drug-likeness (QED) is 0.526. The summed E-state index contributed by atoms with van der Waals surface area (Å²) < 4.78 is 67.3. The molecule has 0 bridgehead atoms. The van der Waals surface area contributed by atoms with Crippen molar-refractivity contribution in [3.8, 4) is 17.2 Å². The second-order valence-electron chi connectivity index (χ2n) is 4.41. The van der Waals surface area contributed by atoms with Gasteiger partial charge in [0.25, 0.3) is 0 Å². The zero-order chi connectivity index (χ0) is 16.8. The maximum atomic E-state index is 13.8. The maximum absolute atomic E-state index is 13.8. The molecule has 0 aliphatic carbocycles. The fourth-order valence-electron chi connectivity index (χ4n) is 1.89. The minimum absolute atomic E-state index is 0.0308. The monoisotopic (exact) mass is 408 g/mol. The number of benzene rings is 2. The van der Waals surface area contributed by atoms with E-state index >= 15 is 0 Å². The van der Waals surface area contributed by atoms with Gasteiger partial charge < -0.3 is 14.2 Å². The van der Waals surface area contributed by atoms with Crippen LogP contribution in [0.5, 0.6) is 17.2 Å². The molecule has 0 saturated carbocycles. The lowest BCUT2D eigenvalue weighted by Gasteiger charge is -2.09. The van der Waals surface area contributed by atoms with Gasteiger partial charge in [-0.15, -0.1) is 8.78 Å². The van der Waals surface area contributed by atoms with Crippen molar-refractivity contribution >= 4 is 33.2 Å². The molecule has 3 nitrogen and oxygen atoms in total. The van der Waals surface area contributed by atoms with Crippen LogP contribution in [0.1, 0.15) is 5.56 Å². The van der Waals surface area contributed by atoms with E-state index in [1.165, 1.54) is 12.1 Å². The van der Waals surface area contributed by atoms with Crippen molar-refractivity contribution in [1.82, 2.24) is 0 Å². The van der Waals surface area contributed by atoms with Crippen molar-refractivity contribution in [2.45, 2.75) is 6.29 Å². The molecule has 1 aliphatic heterocycles. The summed E-state index contributed by atoms with van der Waals surface area (Å²) in [6.07, 6.45) is -3.77. The number of halogens is 5. The number of hydrogen-bond acceptors (Lipinski definition) is 4.